The minimum absolute atomic E-state index is 0.398. The molecule has 0 aromatic carbocycles. The third-order valence-corrected chi connectivity index (χ3v) is 8.73. The smallest absolute Gasteiger partial charge is 0.336 e. The summed E-state index contributed by atoms with van der Waals surface area (Å²) < 4.78 is 13.7. The molecule has 0 spiro atoms. The maximum atomic E-state index is 13.1. The van der Waals surface area contributed by atoms with Crippen LogP contribution in [0.3, 0.4) is 0 Å². The number of carbonyl (C=O) groups is 1. The van der Waals surface area contributed by atoms with Gasteiger partial charge in [-0.15, -0.1) is 0 Å². The van der Waals surface area contributed by atoms with Crippen LogP contribution in [-0.4, -0.2) is 41.7 Å². The Bertz CT molecular complexity index is 675. The first-order chi connectivity index (χ1) is 11.8. The van der Waals surface area contributed by atoms with Crippen LogP contribution in [0, 0.1) is 5.82 Å². The van der Waals surface area contributed by atoms with Crippen molar-refractivity contribution in [3.63, 3.8) is 0 Å². The number of unbranched alkanes of at least 4 members (excludes halogenated alkanes) is 1. The van der Waals surface area contributed by atoms with E-state index in [1.807, 2.05) is 11.8 Å². The molecule has 0 saturated carbocycles. The van der Waals surface area contributed by atoms with Crippen molar-refractivity contribution in [3.8, 4) is 0 Å². The van der Waals surface area contributed by atoms with Gasteiger partial charge in [-0.25, -0.2) is 14.2 Å². The fourth-order valence-corrected chi connectivity index (χ4v) is 7.19. The summed E-state index contributed by atoms with van der Waals surface area (Å²) >= 11 is 1.88. The van der Waals surface area contributed by atoms with Gasteiger partial charge in [-0.1, -0.05) is 38.9 Å². The number of nitrogens with one attached hydrogen (secondary N) is 2. The molecule has 1 amide bonds. The van der Waals surface area contributed by atoms with Gasteiger partial charge in [0.15, 0.2) is 0 Å². The molecule has 0 fully saturated rings. The Labute approximate surface area is 152 Å². The van der Waals surface area contributed by atoms with Crippen LogP contribution >= 0.6 is 11.8 Å². The molecule has 9 heteroatoms. The standard InChI is InChI=1S/C16H28FN3O3SSi/c1-4-5-10-25(2,3)11-9-24-8-6-7-18-15(22)20-12-13(17)14(21)19-16(20)23/h12H,4-11H2,1-3H3,(H,18,22)(H,19,21,23). The average Bonchev–Trinajstić information content (AvgIpc) is 2.55. The maximum absolute atomic E-state index is 13.1. The van der Waals surface area contributed by atoms with E-state index in [0.29, 0.717) is 17.3 Å². The number of aromatic amines is 1. The zero-order chi connectivity index (χ0) is 18.9. The lowest BCUT2D eigenvalue weighted by Crippen LogP contribution is -2.41. The lowest BCUT2D eigenvalue weighted by Gasteiger charge is -2.21. The molecule has 1 rings (SSSR count). The van der Waals surface area contributed by atoms with Crippen LogP contribution in [0.5, 0.6) is 0 Å². The van der Waals surface area contributed by atoms with Gasteiger partial charge in [0, 0.05) is 14.6 Å². The Morgan fingerprint density at radius 2 is 2.00 bits per heavy atom. The third kappa shape index (κ3) is 8.04. The first-order valence-corrected chi connectivity index (χ1v) is 13.2. The topological polar surface area (TPSA) is 84.0 Å². The van der Waals surface area contributed by atoms with E-state index in [1.54, 1.807) is 4.98 Å². The number of carbonyl (C=O) groups excluding carboxylic acids is 1. The monoisotopic (exact) mass is 389 g/mol. The summed E-state index contributed by atoms with van der Waals surface area (Å²) in [6, 6.07) is 1.94. The zero-order valence-electron chi connectivity index (χ0n) is 15.2. The molecular weight excluding hydrogens is 361 g/mol. The van der Waals surface area contributed by atoms with Crippen LogP contribution in [-0.2, 0) is 0 Å². The van der Waals surface area contributed by atoms with E-state index in [1.165, 1.54) is 24.9 Å². The summed E-state index contributed by atoms with van der Waals surface area (Å²) in [5.41, 5.74) is -2.08. The van der Waals surface area contributed by atoms with E-state index < -0.39 is 31.2 Å². The van der Waals surface area contributed by atoms with Crippen molar-refractivity contribution in [1.29, 1.82) is 0 Å². The van der Waals surface area contributed by atoms with E-state index >= 15 is 0 Å². The number of halogens is 1. The Morgan fingerprint density at radius 3 is 2.68 bits per heavy atom. The van der Waals surface area contributed by atoms with Gasteiger partial charge in [-0.05, 0) is 24.0 Å². The summed E-state index contributed by atoms with van der Waals surface area (Å²) in [4.78, 5) is 35.9. The van der Waals surface area contributed by atoms with E-state index in [9.17, 15) is 18.8 Å². The van der Waals surface area contributed by atoms with Crippen LogP contribution < -0.4 is 16.6 Å². The van der Waals surface area contributed by atoms with E-state index in [2.05, 4.69) is 25.3 Å². The third-order valence-electron chi connectivity index (χ3n) is 3.99. The van der Waals surface area contributed by atoms with Crippen molar-refractivity contribution in [2.45, 2.75) is 51.4 Å². The van der Waals surface area contributed by atoms with Crippen LogP contribution in [0.2, 0.25) is 25.2 Å². The molecule has 1 aromatic heterocycles. The first kappa shape index (κ1) is 21.7. The minimum atomic E-state index is -1.17. The predicted octanol–water partition coefficient (Wildman–Crippen LogP) is 2.87. The van der Waals surface area contributed by atoms with Crippen molar-refractivity contribution >= 4 is 25.9 Å². The van der Waals surface area contributed by atoms with Gasteiger partial charge in [-0.2, -0.15) is 16.2 Å². The minimum Gasteiger partial charge on any atom is -0.337 e. The highest BCUT2D eigenvalue weighted by Gasteiger charge is 2.18. The van der Waals surface area contributed by atoms with Gasteiger partial charge in [0.05, 0.1) is 6.20 Å². The fraction of sp³-hybridized carbons (Fsp3) is 0.688. The number of hydrogen-bond donors (Lipinski definition) is 2. The van der Waals surface area contributed by atoms with Crippen molar-refractivity contribution in [3.05, 3.63) is 32.9 Å². The Morgan fingerprint density at radius 1 is 1.28 bits per heavy atom. The van der Waals surface area contributed by atoms with E-state index in [4.69, 9.17) is 0 Å². The molecule has 0 saturated heterocycles. The van der Waals surface area contributed by atoms with Crippen LogP contribution in [0.25, 0.3) is 0 Å². The number of amides is 1. The molecule has 0 aliphatic carbocycles. The van der Waals surface area contributed by atoms with Gasteiger partial charge in [0.1, 0.15) is 0 Å². The van der Waals surface area contributed by atoms with Gasteiger partial charge in [-0.3, -0.25) is 9.78 Å². The number of rotatable bonds is 10. The molecule has 0 unspecified atom stereocenters. The molecule has 0 aliphatic heterocycles. The second kappa shape index (κ2) is 10.6. The lowest BCUT2D eigenvalue weighted by molar-refractivity contribution is 0.240. The number of thioether (sulfide) groups is 1. The van der Waals surface area contributed by atoms with E-state index in [0.717, 1.165) is 17.9 Å². The van der Waals surface area contributed by atoms with Gasteiger partial charge < -0.3 is 5.32 Å². The van der Waals surface area contributed by atoms with Crippen molar-refractivity contribution < 1.29 is 9.18 Å². The van der Waals surface area contributed by atoms with Crippen LogP contribution in [0.1, 0.15) is 26.2 Å². The van der Waals surface area contributed by atoms with Crippen molar-refractivity contribution in [2.75, 3.05) is 18.1 Å². The summed E-state index contributed by atoms with van der Waals surface area (Å²) in [7, 11) is -1.06. The summed E-state index contributed by atoms with van der Waals surface area (Å²) in [5.74, 6) is 0.898. The first-order valence-electron chi connectivity index (χ1n) is 8.64. The largest absolute Gasteiger partial charge is 0.337 e. The molecule has 1 heterocycles. The average molecular weight is 390 g/mol. The lowest BCUT2D eigenvalue weighted by atomic mass is 10.4. The number of nitrogens with zero attached hydrogens (tertiary/aromatic N) is 1. The molecule has 1 aromatic rings. The molecular formula is C16H28FN3O3SSi. The highest BCUT2D eigenvalue weighted by molar-refractivity contribution is 7.99. The summed E-state index contributed by atoms with van der Waals surface area (Å²) in [5, 5.41) is 2.55. The van der Waals surface area contributed by atoms with E-state index in [-0.39, 0.29) is 0 Å². The molecule has 6 nitrogen and oxygen atoms in total. The SMILES string of the molecule is CCCC[Si](C)(C)CCSCCCNC(=O)n1cc(F)c(=O)[nH]c1=O. The molecule has 0 atom stereocenters. The highest BCUT2D eigenvalue weighted by Crippen LogP contribution is 2.21. The van der Waals surface area contributed by atoms with Crippen molar-refractivity contribution in [1.82, 2.24) is 14.9 Å². The molecule has 25 heavy (non-hydrogen) atoms. The predicted molar refractivity (Wildman–Crippen MR) is 104 cm³/mol. The van der Waals surface area contributed by atoms with Crippen LogP contribution in [0.4, 0.5) is 9.18 Å². The Kier molecular flexibility index (Phi) is 9.19. The highest BCUT2D eigenvalue weighted by atomic mass is 32.2. The Balaban J connectivity index is 2.24. The van der Waals surface area contributed by atoms with Gasteiger partial charge >= 0.3 is 11.7 Å². The second-order valence-corrected chi connectivity index (χ2v) is 13.4. The number of hydrogen-bond acceptors (Lipinski definition) is 4. The number of aromatic nitrogens is 2. The van der Waals surface area contributed by atoms with Gasteiger partial charge in [0.25, 0.3) is 5.56 Å². The summed E-state index contributed by atoms with van der Waals surface area (Å²) in [6.07, 6.45) is 3.95. The van der Waals surface area contributed by atoms with Crippen molar-refractivity contribution in [2.24, 2.45) is 0 Å². The molecule has 0 bridgehead atoms. The maximum Gasteiger partial charge on any atom is 0.336 e. The molecule has 0 aliphatic rings. The second-order valence-electron chi connectivity index (χ2n) is 6.82. The quantitative estimate of drug-likeness (QED) is 0.476. The molecule has 2 N–H and O–H groups in total. The van der Waals surface area contributed by atoms with Gasteiger partial charge in [0.2, 0.25) is 5.82 Å². The van der Waals surface area contributed by atoms with Crippen LogP contribution in [0.15, 0.2) is 15.8 Å². The fourth-order valence-electron chi connectivity index (χ4n) is 2.28. The normalized spacial score (nSPS) is 11.5. The summed E-state index contributed by atoms with van der Waals surface area (Å²) in [6.45, 7) is 7.49. The molecule has 142 valence electrons. The zero-order valence-corrected chi connectivity index (χ0v) is 17.0. The molecule has 0 radical (unpaired) electrons. The Hall–Kier alpha value is -1.35. The number of H-pyrrole nitrogens is 1.